The standard InChI is InChI=1S/C53H60N4O19S5/c1-5-55-41-20-18-37-39(31-35(78(64,65)66)33-43(37)80(70,71)72)50(41)52(2,24-14-30-77(61,62)63)45(55)15-10-7-6-8-11-16-46-53(3,25-29-76-4)51-40-32-36(79(67,68)69)34-44(81(73,74)75)38(40)19-21-42(51)56(46)27-13-9-12-17-47(58)54-26-28-57-48(59)22-23-49(57)60/h6-8,10-11,15-16,18-23,31-34H,5,9,12-14,17,24-30H2,1-4H3,(H5-,54,58,61,62,63,64,65,66,67,68,69,70,71,72,73,74,75)/p+1. The average molecular weight is 1220 g/mol. The van der Waals surface area contributed by atoms with Gasteiger partial charge in [-0.15, -0.1) is 0 Å². The third kappa shape index (κ3) is 13.5. The molecule has 0 aromatic heterocycles. The first-order valence-electron chi connectivity index (χ1n) is 25.3. The molecule has 6 N–H and O–H groups in total. The fraction of sp³-hybridized carbons (Fsp3) is 0.358. The number of anilines is 1. The molecule has 2 unspecified atom stereocenters. The Morgan fingerprint density at radius 2 is 1.22 bits per heavy atom. The SMILES string of the molecule is CCN1C(=CC=CC=CC=CC2=[N+](CCCCCC(=O)NCCN3C(=O)C=CC3=O)c3ccc4c(S(=O)(=O)O)cc(S(=O)(=O)O)cc4c3C2(C)CCOC)C(C)(CCCS(=O)(=O)O)c2c1ccc1c(S(=O)(=O)O)cc(S(=O)(=O)O)cc21. The number of hydrogen-bond donors (Lipinski definition) is 6. The number of nitrogens with zero attached hydrogens (tertiary/aromatic N) is 3. The number of amides is 3. The van der Waals surface area contributed by atoms with Crippen molar-refractivity contribution in [3.63, 3.8) is 0 Å². The zero-order valence-corrected chi connectivity index (χ0v) is 48.4. The first kappa shape index (κ1) is 62.3. The Labute approximate surface area is 469 Å². The van der Waals surface area contributed by atoms with Crippen molar-refractivity contribution >= 4 is 107 Å². The van der Waals surface area contributed by atoms with Crippen LogP contribution in [0, 0.1) is 0 Å². The van der Waals surface area contributed by atoms with E-state index >= 15 is 0 Å². The number of fused-ring (bicyclic) bond motifs is 6. The van der Waals surface area contributed by atoms with Crippen molar-refractivity contribution in [1.29, 1.82) is 0 Å². The lowest BCUT2D eigenvalue weighted by atomic mass is 9.75. The number of ether oxygens (including phenoxy) is 1. The van der Waals surface area contributed by atoms with Crippen LogP contribution in [0.1, 0.15) is 76.8 Å². The maximum atomic E-state index is 12.8. The minimum Gasteiger partial charge on any atom is -0.385 e. The number of unbranched alkanes of at least 4 members (excludes halogenated alkanes) is 2. The third-order valence-electron chi connectivity index (χ3n) is 14.6. The maximum Gasteiger partial charge on any atom is 0.295 e. The molecule has 3 aliphatic heterocycles. The summed E-state index contributed by atoms with van der Waals surface area (Å²) < 4.78 is 183. The summed E-state index contributed by atoms with van der Waals surface area (Å²) in [7, 11) is -23.1. The van der Waals surface area contributed by atoms with Gasteiger partial charge < -0.3 is 15.0 Å². The summed E-state index contributed by atoms with van der Waals surface area (Å²) in [6.07, 6.45) is 16.1. The number of carbonyl (C=O) groups excluding carboxylic acids is 3. The molecule has 81 heavy (non-hydrogen) atoms. The molecule has 0 bridgehead atoms. The first-order valence-corrected chi connectivity index (χ1v) is 32.6. The van der Waals surface area contributed by atoms with E-state index in [9.17, 15) is 79.2 Å². The molecule has 0 aliphatic carbocycles. The van der Waals surface area contributed by atoms with E-state index in [0.717, 1.165) is 29.2 Å². The van der Waals surface area contributed by atoms with Crippen LogP contribution in [-0.2, 0) is 80.5 Å². The Morgan fingerprint density at radius 3 is 1.78 bits per heavy atom. The summed E-state index contributed by atoms with van der Waals surface area (Å²) >= 11 is 0. The summed E-state index contributed by atoms with van der Waals surface area (Å²) in [4.78, 5) is 36.2. The van der Waals surface area contributed by atoms with E-state index in [1.807, 2.05) is 29.4 Å². The second-order valence-electron chi connectivity index (χ2n) is 19.9. The van der Waals surface area contributed by atoms with E-state index in [1.165, 1.54) is 19.2 Å². The number of nitrogens with one attached hydrogen (secondary N) is 1. The molecule has 23 nitrogen and oxygen atoms in total. The highest BCUT2D eigenvalue weighted by Gasteiger charge is 2.49. The van der Waals surface area contributed by atoms with Crippen LogP contribution in [0.4, 0.5) is 11.4 Å². The van der Waals surface area contributed by atoms with Gasteiger partial charge in [0.05, 0.1) is 21.0 Å². The van der Waals surface area contributed by atoms with Gasteiger partial charge in [-0.1, -0.05) is 36.4 Å². The van der Waals surface area contributed by atoms with Crippen LogP contribution in [0.5, 0.6) is 0 Å². The fourth-order valence-corrected chi connectivity index (χ4v) is 14.2. The van der Waals surface area contributed by atoms with Crippen LogP contribution in [0.3, 0.4) is 0 Å². The van der Waals surface area contributed by atoms with Crippen LogP contribution >= 0.6 is 0 Å². The number of imide groups is 1. The summed E-state index contributed by atoms with van der Waals surface area (Å²) in [5.41, 5.74) is 0.828. The normalized spacial score (nSPS) is 19.5. The van der Waals surface area contributed by atoms with E-state index < -0.39 is 98.6 Å². The highest BCUT2D eigenvalue weighted by molar-refractivity contribution is 7.87. The molecule has 436 valence electrons. The summed E-state index contributed by atoms with van der Waals surface area (Å²) in [5, 5.41) is 2.78. The van der Waals surface area contributed by atoms with Gasteiger partial charge >= 0.3 is 0 Å². The van der Waals surface area contributed by atoms with Crippen LogP contribution in [0.25, 0.3) is 21.5 Å². The van der Waals surface area contributed by atoms with E-state index in [1.54, 1.807) is 55.5 Å². The molecular weight excluding hydrogens is 1160 g/mol. The molecule has 0 radical (unpaired) electrons. The van der Waals surface area contributed by atoms with E-state index in [2.05, 4.69) is 5.32 Å². The zero-order valence-electron chi connectivity index (χ0n) is 44.3. The zero-order chi connectivity index (χ0) is 59.7. The monoisotopic (exact) mass is 1220 g/mol. The number of methoxy groups -OCH3 is 1. The molecule has 0 saturated carbocycles. The molecule has 2 atom stereocenters. The van der Waals surface area contributed by atoms with Gasteiger partial charge in [0.1, 0.15) is 16.3 Å². The van der Waals surface area contributed by atoms with Crippen molar-refractivity contribution in [2.24, 2.45) is 0 Å². The topological polar surface area (TPSA) is 354 Å². The van der Waals surface area contributed by atoms with Gasteiger partial charge in [-0.25, -0.2) is 0 Å². The molecule has 3 heterocycles. The van der Waals surface area contributed by atoms with Gasteiger partial charge in [-0.3, -0.25) is 42.0 Å². The van der Waals surface area contributed by atoms with E-state index in [4.69, 9.17) is 4.74 Å². The molecule has 4 aromatic rings. The van der Waals surface area contributed by atoms with E-state index in [-0.39, 0.29) is 72.8 Å². The second kappa shape index (κ2) is 23.9. The van der Waals surface area contributed by atoms with Crippen LogP contribution in [-0.4, -0.2) is 143 Å². The number of likely N-dealkylation sites (N-methyl/N-ethyl adjacent to an activating group) is 1. The van der Waals surface area contributed by atoms with Gasteiger partial charge in [-0.2, -0.15) is 46.7 Å². The second-order valence-corrected chi connectivity index (χ2v) is 27.1. The van der Waals surface area contributed by atoms with Crippen LogP contribution < -0.4 is 10.2 Å². The van der Waals surface area contributed by atoms with Gasteiger partial charge in [0.15, 0.2) is 5.71 Å². The van der Waals surface area contributed by atoms with Gasteiger partial charge in [-0.05, 0) is 112 Å². The summed E-state index contributed by atoms with van der Waals surface area (Å²) in [6, 6.07) is 9.59. The average Bonchev–Trinajstić information content (AvgIpc) is 3.49. The predicted molar refractivity (Wildman–Crippen MR) is 300 cm³/mol. The van der Waals surface area contributed by atoms with Crippen LogP contribution in [0.2, 0.25) is 0 Å². The molecule has 3 aliphatic rings. The lowest BCUT2D eigenvalue weighted by Crippen LogP contribution is -2.38. The maximum absolute atomic E-state index is 12.8. The van der Waals surface area contributed by atoms with Gasteiger partial charge in [0.25, 0.3) is 62.4 Å². The number of hydrogen-bond acceptors (Lipinski definition) is 15. The predicted octanol–water partition coefficient (Wildman–Crippen LogP) is 5.99. The quantitative estimate of drug-likeness (QED) is 0.0146. The van der Waals surface area contributed by atoms with Crippen molar-refractivity contribution in [1.82, 2.24) is 10.2 Å². The largest absolute Gasteiger partial charge is 0.385 e. The smallest absolute Gasteiger partial charge is 0.295 e. The lowest BCUT2D eigenvalue weighted by Gasteiger charge is -2.30. The Balaban J connectivity index is 1.25. The number of benzene rings is 4. The van der Waals surface area contributed by atoms with Crippen molar-refractivity contribution in [3.05, 3.63) is 120 Å². The van der Waals surface area contributed by atoms with Crippen molar-refractivity contribution < 1.29 is 88.5 Å². The Morgan fingerprint density at radius 1 is 0.654 bits per heavy atom. The Hall–Kier alpha value is -6.31. The summed E-state index contributed by atoms with van der Waals surface area (Å²) in [6.45, 7) is 6.29. The van der Waals surface area contributed by atoms with Gasteiger partial charge in [0, 0.05) is 104 Å². The van der Waals surface area contributed by atoms with Crippen molar-refractivity contribution in [2.75, 3.05) is 50.5 Å². The first-order chi connectivity index (χ1) is 37.8. The Kier molecular flexibility index (Phi) is 18.4. The number of carbonyl (C=O) groups is 3. The number of rotatable bonds is 25. The minimum absolute atomic E-state index is 0.0153. The third-order valence-corrected chi connectivity index (χ3v) is 18.9. The van der Waals surface area contributed by atoms with Gasteiger partial charge in [0.2, 0.25) is 11.6 Å². The fourth-order valence-electron chi connectivity index (χ4n) is 11.0. The molecule has 7 rings (SSSR count). The molecular formula is C53H61N4O19S5+. The Bertz CT molecular complexity index is 4020. The van der Waals surface area contributed by atoms with Crippen molar-refractivity contribution in [2.45, 2.75) is 96.1 Å². The van der Waals surface area contributed by atoms with Crippen LogP contribution in [0.15, 0.2) is 128 Å². The highest BCUT2D eigenvalue weighted by atomic mass is 32.2. The molecule has 0 fully saturated rings. The molecule has 28 heteroatoms. The number of allylic oxidation sites excluding steroid dienone is 8. The molecule has 0 spiro atoms. The van der Waals surface area contributed by atoms with Crippen molar-refractivity contribution in [3.8, 4) is 0 Å². The summed E-state index contributed by atoms with van der Waals surface area (Å²) in [5.74, 6) is -1.86. The van der Waals surface area contributed by atoms with E-state index in [0.29, 0.717) is 78.4 Å². The lowest BCUT2D eigenvalue weighted by molar-refractivity contribution is -0.438. The highest BCUT2D eigenvalue weighted by Crippen LogP contribution is 2.54. The molecule has 0 saturated heterocycles. The minimum atomic E-state index is -5.07. The molecule has 3 amide bonds. The molecule has 4 aromatic carbocycles.